The summed E-state index contributed by atoms with van der Waals surface area (Å²) in [6.07, 6.45) is -1.37. The number of hydrogen-bond acceptors (Lipinski definition) is 7. The van der Waals surface area contributed by atoms with Crippen LogP contribution in [0.1, 0.15) is 39.2 Å². The highest BCUT2D eigenvalue weighted by molar-refractivity contribution is 5.68. The summed E-state index contributed by atoms with van der Waals surface area (Å²) in [5, 5.41) is 2.67. The van der Waals surface area contributed by atoms with Gasteiger partial charge in [0.2, 0.25) is 5.95 Å². The first-order chi connectivity index (χ1) is 17.4. The number of nitrogens with zero attached hydrogens (tertiary/aromatic N) is 5. The van der Waals surface area contributed by atoms with Crippen LogP contribution in [0, 0.1) is 0 Å². The van der Waals surface area contributed by atoms with Gasteiger partial charge in [-0.15, -0.1) is 0 Å². The molecule has 4 rings (SSSR count). The van der Waals surface area contributed by atoms with E-state index in [9.17, 15) is 22.0 Å². The average molecular weight is 529 g/mol. The minimum Gasteiger partial charge on any atom is -0.433 e. The van der Waals surface area contributed by atoms with E-state index in [1.165, 1.54) is 6.07 Å². The molecule has 2 aliphatic heterocycles. The van der Waals surface area contributed by atoms with Crippen molar-refractivity contribution in [3.05, 3.63) is 36.2 Å². The summed E-state index contributed by atoms with van der Waals surface area (Å²) in [5.41, 5.74) is 0.0468. The van der Waals surface area contributed by atoms with E-state index in [4.69, 9.17) is 4.74 Å². The lowest BCUT2D eigenvalue weighted by Crippen LogP contribution is -2.57. The van der Waals surface area contributed by atoms with E-state index in [2.05, 4.69) is 50.8 Å². The van der Waals surface area contributed by atoms with Crippen molar-refractivity contribution in [2.45, 2.75) is 58.0 Å². The molecule has 2 fully saturated rings. The summed E-state index contributed by atoms with van der Waals surface area (Å²) in [6, 6.07) is 5.33. The van der Waals surface area contributed by atoms with Gasteiger partial charge in [0.1, 0.15) is 0 Å². The second-order valence-electron chi connectivity index (χ2n) is 10.4. The number of piperidine rings is 1. The van der Waals surface area contributed by atoms with Crippen molar-refractivity contribution in [3.63, 3.8) is 0 Å². The number of ether oxygens (including phenoxy) is 1. The average Bonchev–Trinajstić information content (AvgIpc) is 2.84. The van der Waals surface area contributed by atoms with Crippen molar-refractivity contribution in [1.82, 2.24) is 19.8 Å². The molecular formula is C25H33F5N6O. The maximum atomic E-state index is 13.1. The Bertz CT molecular complexity index is 1030. The molecule has 0 spiro atoms. The molecule has 2 aromatic rings. The van der Waals surface area contributed by atoms with Crippen LogP contribution in [0.4, 0.5) is 39.3 Å². The Morgan fingerprint density at radius 3 is 2.11 bits per heavy atom. The smallest absolute Gasteiger partial charge is 0.419 e. The molecule has 204 valence electrons. The van der Waals surface area contributed by atoms with E-state index in [-0.39, 0.29) is 22.9 Å². The zero-order chi connectivity index (χ0) is 26.8. The Balaban J connectivity index is 1.39. The van der Waals surface area contributed by atoms with Crippen molar-refractivity contribution in [1.29, 1.82) is 0 Å². The lowest BCUT2D eigenvalue weighted by atomic mass is 10.00. The molecule has 3 heterocycles. The third kappa shape index (κ3) is 6.98. The SMILES string of the molecule is CC(C)(C)N1CCN(C2CCN(c3ccc(Nc4ncc(C(F)(F)F)cn4)c(OC(F)F)c3)CC2)CC1. The minimum absolute atomic E-state index is 0.128. The number of alkyl halides is 5. The fourth-order valence-corrected chi connectivity index (χ4v) is 4.91. The molecular weight excluding hydrogens is 495 g/mol. The third-order valence-corrected chi connectivity index (χ3v) is 7.02. The van der Waals surface area contributed by atoms with Crippen LogP contribution in [0.25, 0.3) is 0 Å². The molecule has 0 saturated carbocycles. The number of hydrogen-bond donors (Lipinski definition) is 1. The van der Waals surface area contributed by atoms with E-state index < -0.39 is 18.4 Å². The Morgan fingerprint density at radius 2 is 1.57 bits per heavy atom. The van der Waals surface area contributed by atoms with Crippen molar-refractivity contribution in [2.24, 2.45) is 0 Å². The molecule has 12 heteroatoms. The Kier molecular flexibility index (Phi) is 8.08. The van der Waals surface area contributed by atoms with Crippen LogP contribution in [0.5, 0.6) is 5.75 Å². The van der Waals surface area contributed by atoms with Gasteiger partial charge in [0.15, 0.2) is 5.75 Å². The van der Waals surface area contributed by atoms with Gasteiger partial charge >= 0.3 is 12.8 Å². The Morgan fingerprint density at radius 1 is 0.946 bits per heavy atom. The van der Waals surface area contributed by atoms with Gasteiger partial charge in [0.05, 0.1) is 11.3 Å². The zero-order valence-corrected chi connectivity index (χ0v) is 21.2. The Labute approximate surface area is 213 Å². The molecule has 0 atom stereocenters. The first-order valence-corrected chi connectivity index (χ1v) is 12.4. The molecule has 0 bridgehead atoms. The first kappa shape index (κ1) is 27.3. The monoisotopic (exact) mass is 528 g/mol. The van der Waals surface area contributed by atoms with Crippen LogP contribution in [-0.4, -0.2) is 77.2 Å². The summed E-state index contributed by atoms with van der Waals surface area (Å²) >= 11 is 0. The molecule has 2 saturated heterocycles. The molecule has 1 aromatic carbocycles. The predicted octanol–water partition coefficient (Wildman–Crippen LogP) is 5.23. The number of benzene rings is 1. The standard InChI is InChI=1S/C25H33F5N6O/c1-24(2,3)36-12-10-35(11-13-36)18-6-8-34(9-7-18)19-4-5-20(21(14-19)37-22(26)27)33-23-31-15-17(16-32-23)25(28,29)30/h4-5,14-16,18,22H,6-13H2,1-3H3,(H,31,32,33). The van der Waals surface area contributed by atoms with Gasteiger partial charge in [-0.05, 0) is 45.7 Å². The van der Waals surface area contributed by atoms with E-state index in [0.717, 1.165) is 57.8 Å². The molecule has 37 heavy (non-hydrogen) atoms. The van der Waals surface area contributed by atoms with Gasteiger partial charge in [0, 0.05) is 75.0 Å². The van der Waals surface area contributed by atoms with Gasteiger partial charge in [-0.2, -0.15) is 22.0 Å². The molecule has 0 aliphatic carbocycles. The number of aromatic nitrogens is 2. The van der Waals surface area contributed by atoms with E-state index >= 15 is 0 Å². The van der Waals surface area contributed by atoms with Crippen LogP contribution >= 0.6 is 0 Å². The number of anilines is 3. The quantitative estimate of drug-likeness (QED) is 0.516. The summed E-state index contributed by atoms with van der Waals surface area (Å²) < 4.78 is 69.2. The molecule has 0 radical (unpaired) electrons. The normalized spacial score (nSPS) is 18.9. The lowest BCUT2D eigenvalue weighted by molar-refractivity contribution is -0.138. The molecule has 0 unspecified atom stereocenters. The minimum atomic E-state index is -4.57. The highest BCUT2D eigenvalue weighted by Crippen LogP contribution is 2.35. The summed E-state index contributed by atoms with van der Waals surface area (Å²) in [4.78, 5) is 14.5. The fourth-order valence-electron chi connectivity index (χ4n) is 4.91. The van der Waals surface area contributed by atoms with Crippen molar-refractivity contribution >= 4 is 17.3 Å². The number of rotatable bonds is 6. The van der Waals surface area contributed by atoms with Gasteiger partial charge in [-0.3, -0.25) is 9.80 Å². The van der Waals surface area contributed by atoms with E-state index in [1.54, 1.807) is 12.1 Å². The maximum absolute atomic E-state index is 13.1. The highest BCUT2D eigenvalue weighted by atomic mass is 19.4. The first-order valence-electron chi connectivity index (χ1n) is 12.4. The second kappa shape index (κ2) is 10.9. The highest BCUT2D eigenvalue weighted by Gasteiger charge is 2.32. The van der Waals surface area contributed by atoms with Crippen LogP contribution < -0.4 is 15.0 Å². The van der Waals surface area contributed by atoms with Crippen molar-refractivity contribution in [2.75, 3.05) is 49.5 Å². The molecule has 7 nitrogen and oxygen atoms in total. The van der Waals surface area contributed by atoms with Crippen LogP contribution in [0.3, 0.4) is 0 Å². The topological polar surface area (TPSA) is 56.8 Å². The Hall–Kier alpha value is -2.73. The largest absolute Gasteiger partial charge is 0.433 e. The van der Waals surface area contributed by atoms with Crippen LogP contribution in [-0.2, 0) is 6.18 Å². The molecule has 2 aliphatic rings. The number of halogens is 5. The van der Waals surface area contributed by atoms with Crippen LogP contribution in [0.15, 0.2) is 30.6 Å². The summed E-state index contributed by atoms with van der Waals surface area (Å²) in [6.45, 7) is 9.41. The van der Waals surface area contributed by atoms with Crippen LogP contribution in [0.2, 0.25) is 0 Å². The third-order valence-electron chi connectivity index (χ3n) is 7.02. The maximum Gasteiger partial charge on any atom is 0.419 e. The molecule has 1 N–H and O–H groups in total. The van der Waals surface area contributed by atoms with Gasteiger partial charge in [-0.1, -0.05) is 0 Å². The van der Waals surface area contributed by atoms with E-state index in [0.29, 0.717) is 18.4 Å². The van der Waals surface area contributed by atoms with Crippen molar-refractivity contribution in [3.8, 4) is 5.75 Å². The molecule has 1 aromatic heterocycles. The number of nitrogens with one attached hydrogen (secondary N) is 1. The molecule has 0 amide bonds. The summed E-state index contributed by atoms with van der Waals surface area (Å²) in [7, 11) is 0. The number of piperazine rings is 1. The van der Waals surface area contributed by atoms with Crippen molar-refractivity contribution < 1.29 is 26.7 Å². The van der Waals surface area contributed by atoms with Gasteiger partial charge in [0.25, 0.3) is 0 Å². The van der Waals surface area contributed by atoms with E-state index in [1.807, 2.05) is 0 Å². The lowest BCUT2D eigenvalue weighted by Gasteiger charge is -2.46. The predicted molar refractivity (Wildman–Crippen MR) is 132 cm³/mol. The van der Waals surface area contributed by atoms with Gasteiger partial charge < -0.3 is 15.0 Å². The summed E-state index contributed by atoms with van der Waals surface area (Å²) in [5.74, 6) is -0.288. The zero-order valence-electron chi connectivity index (χ0n) is 21.2. The second-order valence-corrected chi connectivity index (χ2v) is 10.4. The van der Waals surface area contributed by atoms with Gasteiger partial charge in [-0.25, -0.2) is 9.97 Å². The fraction of sp³-hybridized carbons (Fsp3) is 0.600.